The molecular weight excluding hydrogens is 336 g/mol. The summed E-state index contributed by atoms with van der Waals surface area (Å²) >= 11 is 7.95. The van der Waals surface area contributed by atoms with Gasteiger partial charge in [-0.15, -0.1) is 11.6 Å². The summed E-state index contributed by atoms with van der Waals surface area (Å²) < 4.78 is 6.78. The van der Waals surface area contributed by atoms with E-state index in [1.54, 1.807) is 0 Å². The minimum Gasteiger partial charge on any atom is -0.439 e. The van der Waals surface area contributed by atoms with Crippen LogP contribution in [0.2, 0.25) is 0 Å². The van der Waals surface area contributed by atoms with E-state index in [1.807, 2.05) is 42.5 Å². The molecule has 0 N–H and O–H groups in total. The Morgan fingerprint density at radius 2 is 1.88 bits per heavy atom. The zero-order chi connectivity index (χ0) is 11.4. The van der Waals surface area contributed by atoms with Gasteiger partial charge < -0.3 is 4.74 Å². The molecule has 1 aromatic heterocycles. The zero-order valence-corrected chi connectivity index (χ0v) is 11.3. The molecule has 1 aromatic carbocycles. The second-order valence-corrected chi connectivity index (χ2v) is 4.67. The molecule has 82 valence electrons. The molecule has 0 spiro atoms. The molecule has 16 heavy (non-hydrogen) atoms. The third-order valence-corrected chi connectivity index (χ3v) is 2.95. The molecule has 2 aromatic rings. The molecule has 0 unspecified atom stereocenters. The average Bonchev–Trinajstić information content (AvgIpc) is 2.32. The van der Waals surface area contributed by atoms with Crippen molar-refractivity contribution in [1.29, 1.82) is 0 Å². The van der Waals surface area contributed by atoms with E-state index >= 15 is 0 Å². The first-order valence-corrected chi connectivity index (χ1v) is 6.34. The van der Waals surface area contributed by atoms with Gasteiger partial charge in [-0.3, -0.25) is 0 Å². The summed E-state index contributed by atoms with van der Waals surface area (Å²) in [5, 5.41) is 0. The van der Waals surface area contributed by atoms with E-state index in [0.717, 1.165) is 11.4 Å². The lowest BCUT2D eigenvalue weighted by atomic mass is 10.3. The maximum atomic E-state index is 5.70. The number of benzene rings is 1. The third kappa shape index (κ3) is 3.09. The lowest BCUT2D eigenvalue weighted by Crippen LogP contribution is -1.90. The predicted molar refractivity (Wildman–Crippen MR) is 73.0 cm³/mol. The molecule has 1 heterocycles. The first-order chi connectivity index (χ1) is 7.78. The van der Waals surface area contributed by atoms with Crippen molar-refractivity contribution in [2.45, 2.75) is 5.88 Å². The van der Waals surface area contributed by atoms with Crippen LogP contribution in [0.15, 0.2) is 42.5 Å². The Kier molecular flexibility index (Phi) is 4.01. The number of alkyl halides is 1. The van der Waals surface area contributed by atoms with E-state index in [0.29, 0.717) is 11.8 Å². The Labute approximate surface area is 113 Å². The molecule has 2 rings (SSSR count). The Bertz CT molecular complexity index is 473. The highest BCUT2D eigenvalue weighted by Gasteiger charge is 1.99. The minimum absolute atomic E-state index is 0.393. The van der Waals surface area contributed by atoms with Crippen LogP contribution in [-0.4, -0.2) is 4.98 Å². The fourth-order valence-electron chi connectivity index (χ4n) is 1.21. The molecular formula is C12H9ClINO. The molecule has 2 nitrogen and oxygen atoms in total. The Balaban J connectivity index is 2.16. The molecule has 0 aliphatic carbocycles. The number of hydrogen-bond donors (Lipinski definition) is 0. The predicted octanol–water partition coefficient (Wildman–Crippen LogP) is 4.22. The van der Waals surface area contributed by atoms with E-state index in [2.05, 4.69) is 27.6 Å². The fourth-order valence-corrected chi connectivity index (χ4v) is 1.72. The topological polar surface area (TPSA) is 22.1 Å². The van der Waals surface area contributed by atoms with Crippen LogP contribution in [-0.2, 0) is 5.88 Å². The third-order valence-electron chi connectivity index (χ3n) is 1.95. The van der Waals surface area contributed by atoms with Gasteiger partial charge in [0.05, 0.1) is 11.6 Å². The summed E-state index contributed by atoms with van der Waals surface area (Å²) in [7, 11) is 0. The number of rotatable bonds is 3. The van der Waals surface area contributed by atoms with Crippen molar-refractivity contribution in [1.82, 2.24) is 4.98 Å². The highest BCUT2D eigenvalue weighted by Crippen LogP contribution is 2.20. The Morgan fingerprint density at radius 1 is 1.12 bits per heavy atom. The average molecular weight is 346 g/mol. The summed E-state index contributed by atoms with van der Waals surface area (Å²) in [6.45, 7) is 0. The highest BCUT2D eigenvalue weighted by atomic mass is 127. The molecule has 0 fully saturated rings. The maximum Gasteiger partial charge on any atom is 0.219 e. The van der Waals surface area contributed by atoms with Crippen molar-refractivity contribution in [3.8, 4) is 11.6 Å². The Morgan fingerprint density at radius 3 is 2.56 bits per heavy atom. The Hall–Kier alpha value is -0.810. The monoisotopic (exact) mass is 345 g/mol. The summed E-state index contributed by atoms with van der Waals surface area (Å²) in [5.41, 5.74) is 0.810. The van der Waals surface area contributed by atoms with Gasteiger partial charge in [-0.1, -0.05) is 6.07 Å². The lowest BCUT2D eigenvalue weighted by molar-refractivity contribution is 0.461. The van der Waals surface area contributed by atoms with E-state index in [9.17, 15) is 0 Å². The lowest BCUT2D eigenvalue weighted by Gasteiger charge is -2.05. The summed E-state index contributed by atoms with van der Waals surface area (Å²) in [6, 6.07) is 13.4. The maximum absolute atomic E-state index is 5.70. The zero-order valence-electron chi connectivity index (χ0n) is 8.36. The van der Waals surface area contributed by atoms with Crippen LogP contribution in [0, 0.1) is 3.57 Å². The number of hydrogen-bond acceptors (Lipinski definition) is 2. The largest absolute Gasteiger partial charge is 0.439 e. The molecule has 0 bridgehead atoms. The summed E-state index contributed by atoms with van der Waals surface area (Å²) in [4.78, 5) is 4.25. The molecule has 0 saturated carbocycles. The van der Waals surface area contributed by atoms with Gasteiger partial charge in [0.25, 0.3) is 0 Å². The van der Waals surface area contributed by atoms with E-state index < -0.39 is 0 Å². The number of halogens is 2. The van der Waals surface area contributed by atoms with Crippen LogP contribution < -0.4 is 4.74 Å². The van der Waals surface area contributed by atoms with Crippen LogP contribution >= 0.6 is 34.2 Å². The molecule has 0 amide bonds. The van der Waals surface area contributed by atoms with E-state index in [1.165, 1.54) is 3.57 Å². The van der Waals surface area contributed by atoms with Crippen LogP contribution in [0.1, 0.15) is 5.69 Å². The first kappa shape index (κ1) is 11.7. The standard InChI is InChI=1S/C12H9ClINO/c13-8-10-2-1-3-12(15-10)16-11-6-4-9(14)5-7-11/h1-7H,8H2. The molecule has 0 radical (unpaired) electrons. The minimum atomic E-state index is 0.393. The molecule has 4 heteroatoms. The highest BCUT2D eigenvalue weighted by molar-refractivity contribution is 14.1. The molecule has 0 saturated heterocycles. The number of ether oxygens (including phenoxy) is 1. The van der Waals surface area contributed by atoms with Gasteiger partial charge in [0.1, 0.15) is 5.75 Å². The SMILES string of the molecule is ClCc1cccc(Oc2ccc(I)cc2)n1. The number of nitrogens with zero attached hydrogens (tertiary/aromatic N) is 1. The van der Waals surface area contributed by atoms with Gasteiger partial charge in [0.15, 0.2) is 0 Å². The number of aromatic nitrogens is 1. The van der Waals surface area contributed by atoms with Crippen LogP contribution in [0.5, 0.6) is 11.6 Å². The molecule has 0 aliphatic rings. The number of pyridine rings is 1. The van der Waals surface area contributed by atoms with Gasteiger partial charge in [0.2, 0.25) is 5.88 Å². The van der Waals surface area contributed by atoms with Gasteiger partial charge in [-0.2, -0.15) is 0 Å². The summed E-state index contributed by atoms with van der Waals surface area (Å²) in [5.74, 6) is 1.74. The molecule has 0 atom stereocenters. The van der Waals surface area contributed by atoms with E-state index in [-0.39, 0.29) is 0 Å². The second-order valence-electron chi connectivity index (χ2n) is 3.16. The van der Waals surface area contributed by atoms with Crippen molar-refractivity contribution < 1.29 is 4.74 Å². The van der Waals surface area contributed by atoms with Crippen molar-refractivity contribution in [3.63, 3.8) is 0 Å². The van der Waals surface area contributed by atoms with Crippen molar-refractivity contribution >= 4 is 34.2 Å². The van der Waals surface area contributed by atoms with Gasteiger partial charge in [0, 0.05) is 9.64 Å². The normalized spacial score (nSPS) is 10.1. The quantitative estimate of drug-likeness (QED) is 0.614. The van der Waals surface area contributed by atoms with Crippen molar-refractivity contribution in [2.75, 3.05) is 0 Å². The van der Waals surface area contributed by atoms with Crippen LogP contribution in [0.3, 0.4) is 0 Å². The fraction of sp³-hybridized carbons (Fsp3) is 0.0833. The van der Waals surface area contributed by atoms with Crippen LogP contribution in [0.25, 0.3) is 0 Å². The van der Waals surface area contributed by atoms with Gasteiger partial charge in [-0.25, -0.2) is 4.98 Å². The van der Waals surface area contributed by atoms with E-state index in [4.69, 9.17) is 16.3 Å². The van der Waals surface area contributed by atoms with Gasteiger partial charge >= 0.3 is 0 Å². The van der Waals surface area contributed by atoms with Crippen LogP contribution in [0.4, 0.5) is 0 Å². The van der Waals surface area contributed by atoms with Gasteiger partial charge in [-0.05, 0) is 52.9 Å². The summed E-state index contributed by atoms with van der Waals surface area (Å²) in [6.07, 6.45) is 0. The van der Waals surface area contributed by atoms with Crippen molar-refractivity contribution in [2.24, 2.45) is 0 Å². The second kappa shape index (κ2) is 5.50. The first-order valence-electron chi connectivity index (χ1n) is 4.73. The van der Waals surface area contributed by atoms with Crippen molar-refractivity contribution in [3.05, 3.63) is 51.7 Å². The molecule has 0 aliphatic heterocycles. The smallest absolute Gasteiger partial charge is 0.219 e.